The molecule has 4 heteroatoms. The molecule has 4 nitrogen and oxygen atoms in total. The fourth-order valence-corrected chi connectivity index (χ4v) is 2.31. The highest BCUT2D eigenvalue weighted by molar-refractivity contribution is 5.50. The second kappa shape index (κ2) is 3.31. The average molecular weight is 202 g/mol. The zero-order chi connectivity index (χ0) is 10.3. The minimum absolute atomic E-state index is 0.594. The Kier molecular flexibility index (Phi) is 1.95. The smallest absolute Gasteiger partial charge is 0.158 e. The van der Waals surface area contributed by atoms with Gasteiger partial charge < -0.3 is 5.32 Å². The summed E-state index contributed by atoms with van der Waals surface area (Å²) in [7, 11) is 0. The zero-order valence-electron chi connectivity index (χ0n) is 8.77. The van der Waals surface area contributed by atoms with E-state index in [0.717, 1.165) is 18.7 Å². The lowest BCUT2D eigenvalue weighted by atomic mass is 9.98. The fourth-order valence-electron chi connectivity index (χ4n) is 2.31. The molecule has 1 unspecified atom stereocenters. The van der Waals surface area contributed by atoms with Crippen LogP contribution >= 0.6 is 0 Å². The molecule has 0 aliphatic carbocycles. The van der Waals surface area contributed by atoms with Crippen LogP contribution in [0, 0.1) is 6.92 Å². The first-order valence-electron chi connectivity index (χ1n) is 5.35. The minimum Gasteiger partial charge on any atom is -0.316 e. The van der Waals surface area contributed by atoms with Crippen molar-refractivity contribution in [2.24, 2.45) is 0 Å². The Bertz CT molecular complexity index is 482. The molecular weight excluding hydrogens is 188 g/mol. The number of nitrogens with one attached hydrogen (secondary N) is 1. The number of pyridine rings is 1. The van der Waals surface area contributed by atoms with Crippen molar-refractivity contribution in [3.63, 3.8) is 0 Å². The average Bonchev–Trinajstić information content (AvgIpc) is 2.86. The van der Waals surface area contributed by atoms with E-state index in [2.05, 4.69) is 28.4 Å². The van der Waals surface area contributed by atoms with E-state index in [1.165, 1.54) is 17.5 Å². The lowest BCUT2D eigenvalue weighted by Crippen LogP contribution is -2.09. The van der Waals surface area contributed by atoms with Gasteiger partial charge in [-0.15, -0.1) is 0 Å². The molecule has 0 radical (unpaired) electrons. The zero-order valence-corrected chi connectivity index (χ0v) is 8.77. The Morgan fingerprint density at radius 1 is 1.53 bits per heavy atom. The predicted octanol–water partition coefficient (Wildman–Crippen LogP) is 1.11. The molecule has 1 aliphatic rings. The molecule has 1 saturated heterocycles. The predicted molar refractivity (Wildman–Crippen MR) is 58.0 cm³/mol. The molecule has 0 bridgehead atoms. The first-order valence-corrected chi connectivity index (χ1v) is 5.35. The summed E-state index contributed by atoms with van der Waals surface area (Å²) >= 11 is 0. The Morgan fingerprint density at radius 3 is 3.27 bits per heavy atom. The van der Waals surface area contributed by atoms with Crippen molar-refractivity contribution < 1.29 is 0 Å². The Labute approximate surface area is 88.3 Å². The molecule has 2 aromatic rings. The van der Waals surface area contributed by atoms with Crippen molar-refractivity contribution in [2.45, 2.75) is 19.3 Å². The maximum absolute atomic E-state index is 4.33. The van der Waals surface area contributed by atoms with Crippen LogP contribution in [0.5, 0.6) is 0 Å². The molecule has 78 valence electrons. The number of hydrogen-bond acceptors (Lipinski definition) is 3. The second-order valence-electron chi connectivity index (χ2n) is 4.19. The summed E-state index contributed by atoms with van der Waals surface area (Å²) < 4.78 is 1.88. The van der Waals surface area contributed by atoms with E-state index < -0.39 is 0 Å². The second-order valence-corrected chi connectivity index (χ2v) is 4.19. The maximum atomic E-state index is 4.33. The third kappa shape index (κ3) is 1.41. The first kappa shape index (κ1) is 8.85. The van der Waals surface area contributed by atoms with Crippen LogP contribution in [0.1, 0.15) is 23.5 Å². The number of rotatable bonds is 1. The van der Waals surface area contributed by atoms with Crippen molar-refractivity contribution in [3.05, 3.63) is 29.7 Å². The number of aromatic nitrogens is 3. The Balaban J connectivity index is 2.18. The van der Waals surface area contributed by atoms with E-state index in [4.69, 9.17) is 0 Å². The van der Waals surface area contributed by atoms with Gasteiger partial charge in [0.05, 0.1) is 0 Å². The molecule has 1 N–H and O–H groups in total. The van der Waals surface area contributed by atoms with Gasteiger partial charge >= 0.3 is 0 Å². The molecule has 1 aliphatic heterocycles. The quantitative estimate of drug-likeness (QED) is 0.753. The third-order valence-electron chi connectivity index (χ3n) is 3.04. The Hall–Kier alpha value is -1.42. The summed E-state index contributed by atoms with van der Waals surface area (Å²) in [5, 5.41) is 7.59. The molecule has 3 heterocycles. The molecule has 1 fully saturated rings. The molecular formula is C11H14N4. The van der Waals surface area contributed by atoms with Gasteiger partial charge in [0.1, 0.15) is 6.33 Å². The van der Waals surface area contributed by atoms with Crippen LogP contribution in [0.4, 0.5) is 0 Å². The summed E-state index contributed by atoms with van der Waals surface area (Å²) in [6.07, 6.45) is 4.85. The monoisotopic (exact) mass is 202 g/mol. The van der Waals surface area contributed by atoms with E-state index in [9.17, 15) is 0 Å². The van der Waals surface area contributed by atoms with Gasteiger partial charge in [0, 0.05) is 24.2 Å². The number of hydrogen-bond donors (Lipinski definition) is 1. The summed E-state index contributed by atoms with van der Waals surface area (Å²) in [5.41, 5.74) is 3.58. The summed E-state index contributed by atoms with van der Waals surface area (Å²) in [4.78, 5) is 4.33. The van der Waals surface area contributed by atoms with E-state index in [1.54, 1.807) is 6.33 Å². The minimum atomic E-state index is 0.594. The molecule has 1 atom stereocenters. The van der Waals surface area contributed by atoms with Crippen LogP contribution in [-0.4, -0.2) is 27.7 Å². The van der Waals surface area contributed by atoms with Crippen LogP contribution in [0.2, 0.25) is 0 Å². The van der Waals surface area contributed by atoms with Gasteiger partial charge in [0.15, 0.2) is 5.65 Å². The summed E-state index contributed by atoms with van der Waals surface area (Å²) in [5.74, 6) is 0.594. The number of fused-ring (bicyclic) bond motifs is 1. The van der Waals surface area contributed by atoms with Crippen molar-refractivity contribution >= 4 is 5.65 Å². The van der Waals surface area contributed by atoms with E-state index in [-0.39, 0.29) is 0 Å². The van der Waals surface area contributed by atoms with Gasteiger partial charge in [0.2, 0.25) is 0 Å². The highest BCUT2D eigenvalue weighted by Gasteiger charge is 2.20. The van der Waals surface area contributed by atoms with Gasteiger partial charge in [-0.1, -0.05) is 6.07 Å². The van der Waals surface area contributed by atoms with E-state index in [1.807, 2.05) is 10.7 Å². The van der Waals surface area contributed by atoms with Crippen LogP contribution in [0.3, 0.4) is 0 Å². The molecule has 15 heavy (non-hydrogen) atoms. The van der Waals surface area contributed by atoms with Crippen LogP contribution < -0.4 is 5.32 Å². The number of nitrogens with zero attached hydrogens (tertiary/aromatic N) is 3. The largest absolute Gasteiger partial charge is 0.316 e. The normalized spacial score (nSPS) is 21.3. The van der Waals surface area contributed by atoms with Crippen LogP contribution in [0.25, 0.3) is 5.65 Å². The molecule has 0 saturated carbocycles. The van der Waals surface area contributed by atoms with Gasteiger partial charge in [-0.3, -0.25) is 0 Å². The number of aryl methyl sites for hydroxylation is 1. The van der Waals surface area contributed by atoms with Gasteiger partial charge in [-0.05, 0) is 25.5 Å². The van der Waals surface area contributed by atoms with E-state index >= 15 is 0 Å². The molecule has 0 aromatic carbocycles. The SMILES string of the molecule is Cc1cc(C2CCNC2)c2ncnn2c1. The lowest BCUT2D eigenvalue weighted by Gasteiger charge is -2.10. The maximum Gasteiger partial charge on any atom is 0.158 e. The summed E-state index contributed by atoms with van der Waals surface area (Å²) in [6.45, 7) is 4.28. The van der Waals surface area contributed by atoms with Gasteiger partial charge in [0.25, 0.3) is 0 Å². The Morgan fingerprint density at radius 2 is 2.47 bits per heavy atom. The highest BCUT2D eigenvalue weighted by Crippen LogP contribution is 2.25. The topological polar surface area (TPSA) is 42.2 Å². The van der Waals surface area contributed by atoms with Crippen molar-refractivity contribution in [3.8, 4) is 0 Å². The molecule has 3 rings (SSSR count). The van der Waals surface area contributed by atoms with Crippen molar-refractivity contribution in [2.75, 3.05) is 13.1 Å². The lowest BCUT2D eigenvalue weighted by molar-refractivity contribution is 0.758. The highest BCUT2D eigenvalue weighted by atomic mass is 15.3. The van der Waals surface area contributed by atoms with Gasteiger partial charge in [-0.2, -0.15) is 5.10 Å². The molecule has 0 amide bonds. The van der Waals surface area contributed by atoms with Crippen molar-refractivity contribution in [1.82, 2.24) is 19.9 Å². The molecule has 0 spiro atoms. The van der Waals surface area contributed by atoms with Crippen LogP contribution in [-0.2, 0) is 0 Å². The fraction of sp³-hybridized carbons (Fsp3) is 0.455. The van der Waals surface area contributed by atoms with Crippen molar-refractivity contribution in [1.29, 1.82) is 0 Å². The first-order chi connectivity index (χ1) is 7.34. The summed E-state index contributed by atoms with van der Waals surface area (Å²) in [6, 6.07) is 2.24. The van der Waals surface area contributed by atoms with Crippen LogP contribution in [0.15, 0.2) is 18.6 Å². The third-order valence-corrected chi connectivity index (χ3v) is 3.04. The van der Waals surface area contributed by atoms with Gasteiger partial charge in [-0.25, -0.2) is 9.50 Å². The van der Waals surface area contributed by atoms with E-state index in [0.29, 0.717) is 5.92 Å². The standard InChI is InChI=1S/C11H14N4/c1-8-4-10(9-2-3-12-5-9)11-13-7-14-15(11)6-8/h4,6-7,9,12H,2-3,5H2,1H3. The molecule has 2 aromatic heterocycles.